The molecule has 0 saturated carbocycles. The molecule has 1 aromatic heterocycles. The van der Waals surface area contributed by atoms with Gasteiger partial charge >= 0.3 is 0 Å². The molecule has 0 aromatic carbocycles. The van der Waals surface area contributed by atoms with Crippen molar-refractivity contribution in [2.75, 3.05) is 12.4 Å². The average molecular weight is 287 g/mol. The van der Waals surface area contributed by atoms with Gasteiger partial charge in [0.05, 0.1) is 18.0 Å². The van der Waals surface area contributed by atoms with Gasteiger partial charge in [0.25, 0.3) is 0 Å². The van der Waals surface area contributed by atoms with Crippen molar-refractivity contribution in [1.82, 2.24) is 14.5 Å². The van der Waals surface area contributed by atoms with Crippen molar-refractivity contribution in [3.8, 4) is 0 Å². The van der Waals surface area contributed by atoms with Crippen LogP contribution in [0.25, 0.3) is 0 Å². The minimum atomic E-state index is -3.22. The number of aryl methyl sites for hydroxylation is 1. The third-order valence-electron chi connectivity index (χ3n) is 3.24. The molecule has 1 fully saturated rings. The highest BCUT2D eigenvalue weighted by Crippen LogP contribution is 2.29. The average Bonchev–Trinajstić information content (AvgIpc) is 2.95. The van der Waals surface area contributed by atoms with E-state index in [4.69, 9.17) is 4.74 Å². The predicted molar refractivity (Wildman–Crippen MR) is 72.1 cm³/mol. The second kappa shape index (κ2) is 6.02. The van der Waals surface area contributed by atoms with E-state index in [-0.39, 0.29) is 17.9 Å². The van der Waals surface area contributed by atoms with E-state index in [0.29, 0.717) is 19.4 Å². The Morgan fingerprint density at radius 3 is 3.00 bits per heavy atom. The van der Waals surface area contributed by atoms with E-state index in [1.54, 1.807) is 10.9 Å². The number of unbranched alkanes of at least 4 members (excludes halogenated alkanes) is 1. The fourth-order valence-electron chi connectivity index (χ4n) is 2.25. The zero-order valence-corrected chi connectivity index (χ0v) is 12.2. The molecule has 1 aliphatic heterocycles. The summed E-state index contributed by atoms with van der Waals surface area (Å²) in [5.41, 5.74) is 0.920. The smallest absolute Gasteiger partial charge is 0.211 e. The molecule has 0 bridgehead atoms. The fraction of sp³-hybridized carbons (Fsp3) is 0.750. The number of hydrogen-bond donors (Lipinski definition) is 1. The molecule has 2 rings (SSSR count). The quantitative estimate of drug-likeness (QED) is 0.846. The highest BCUT2D eigenvalue weighted by Gasteiger charge is 2.33. The van der Waals surface area contributed by atoms with Gasteiger partial charge in [-0.2, -0.15) is 5.10 Å². The molecule has 1 aliphatic rings. The molecule has 0 radical (unpaired) electrons. The molecule has 2 atom stereocenters. The van der Waals surface area contributed by atoms with Crippen LogP contribution in [0.3, 0.4) is 0 Å². The summed E-state index contributed by atoms with van der Waals surface area (Å²) < 4.78 is 34.0. The molecule has 19 heavy (non-hydrogen) atoms. The number of hydrogen-bond acceptors (Lipinski definition) is 4. The van der Waals surface area contributed by atoms with E-state index in [2.05, 4.69) is 9.82 Å². The van der Waals surface area contributed by atoms with Crippen molar-refractivity contribution in [3.63, 3.8) is 0 Å². The van der Waals surface area contributed by atoms with Crippen LogP contribution in [-0.4, -0.2) is 36.6 Å². The lowest BCUT2D eigenvalue weighted by Gasteiger charge is -2.18. The Morgan fingerprint density at radius 2 is 2.37 bits per heavy atom. The molecule has 0 spiro atoms. The van der Waals surface area contributed by atoms with Gasteiger partial charge in [-0.15, -0.1) is 0 Å². The number of nitrogens with zero attached hydrogens (tertiary/aromatic N) is 2. The highest BCUT2D eigenvalue weighted by atomic mass is 32.2. The normalized spacial score (nSPS) is 23.9. The second-order valence-corrected chi connectivity index (χ2v) is 6.80. The molecule has 6 nitrogen and oxygen atoms in total. The molecule has 2 heterocycles. The molecular formula is C12H21N3O3S. The lowest BCUT2D eigenvalue weighted by Crippen LogP contribution is -2.38. The fourth-order valence-corrected chi connectivity index (χ4v) is 3.74. The van der Waals surface area contributed by atoms with Crippen molar-refractivity contribution < 1.29 is 13.2 Å². The van der Waals surface area contributed by atoms with Crippen LogP contribution < -0.4 is 4.72 Å². The van der Waals surface area contributed by atoms with E-state index >= 15 is 0 Å². The van der Waals surface area contributed by atoms with E-state index in [0.717, 1.165) is 12.0 Å². The minimum Gasteiger partial charge on any atom is -0.372 e. The van der Waals surface area contributed by atoms with Crippen LogP contribution in [0.15, 0.2) is 12.4 Å². The second-order valence-electron chi connectivity index (χ2n) is 4.92. The third kappa shape index (κ3) is 3.77. The molecule has 0 amide bonds. The van der Waals surface area contributed by atoms with Crippen LogP contribution in [0.1, 0.15) is 37.9 Å². The van der Waals surface area contributed by atoms with Gasteiger partial charge in [0.1, 0.15) is 6.10 Å². The number of sulfonamides is 1. The van der Waals surface area contributed by atoms with Gasteiger partial charge in [0.2, 0.25) is 10.0 Å². The Hall–Kier alpha value is -0.920. The van der Waals surface area contributed by atoms with Gasteiger partial charge in [-0.05, 0) is 12.8 Å². The summed E-state index contributed by atoms with van der Waals surface area (Å²) in [4.78, 5) is 0. The number of rotatable bonds is 6. The van der Waals surface area contributed by atoms with Gasteiger partial charge in [-0.1, -0.05) is 13.3 Å². The zero-order valence-electron chi connectivity index (χ0n) is 11.4. The largest absolute Gasteiger partial charge is 0.372 e. The van der Waals surface area contributed by atoms with Gasteiger partial charge < -0.3 is 4.74 Å². The summed E-state index contributed by atoms with van der Waals surface area (Å²) in [5, 5.41) is 4.10. The molecule has 1 saturated heterocycles. The van der Waals surface area contributed by atoms with Crippen LogP contribution in [0.5, 0.6) is 0 Å². The van der Waals surface area contributed by atoms with Gasteiger partial charge in [0.15, 0.2) is 0 Å². The van der Waals surface area contributed by atoms with Crippen LogP contribution in [-0.2, 0) is 21.8 Å². The summed E-state index contributed by atoms with van der Waals surface area (Å²) in [6.45, 7) is 2.55. The lowest BCUT2D eigenvalue weighted by atomic mass is 10.1. The predicted octanol–water partition coefficient (Wildman–Crippen LogP) is 0.970. The molecule has 7 heteroatoms. The Balaban J connectivity index is 2.03. The van der Waals surface area contributed by atoms with Crippen molar-refractivity contribution in [1.29, 1.82) is 0 Å². The Bertz CT molecular complexity index is 512. The molecule has 0 unspecified atom stereocenters. The topological polar surface area (TPSA) is 73.2 Å². The van der Waals surface area contributed by atoms with Crippen LogP contribution >= 0.6 is 0 Å². The van der Waals surface area contributed by atoms with E-state index in [9.17, 15) is 8.42 Å². The maximum Gasteiger partial charge on any atom is 0.211 e. The Morgan fingerprint density at radius 1 is 1.58 bits per heavy atom. The SMILES string of the molecule is CCCCS(=O)(=O)N[C@H]1CCO[C@@H]1c1cnn(C)c1. The monoisotopic (exact) mass is 287 g/mol. The first-order chi connectivity index (χ1) is 9.02. The van der Waals surface area contributed by atoms with E-state index in [1.165, 1.54) is 0 Å². The third-order valence-corrected chi connectivity index (χ3v) is 4.73. The maximum absolute atomic E-state index is 11.9. The summed E-state index contributed by atoms with van der Waals surface area (Å²) in [5.74, 6) is 0.180. The van der Waals surface area contributed by atoms with Crippen LogP contribution in [0.4, 0.5) is 0 Å². The van der Waals surface area contributed by atoms with Gasteiger partial charge in [-0.3, -0.25) is 4.68 Å². The number of nitrogens with one attached hydrogen (secondary N) is 1. The van der Waals surface area contributed by atoms with Crippen molar-refractivity contribution in [2.24, 2.45) is 7.05 Å². The number of aromatic nitrogens is 2. The lowest BCUT2D eigenvalue weighted by molar-refractivity contribution is 0.102. The number of ether oxygens (including phenoxy) is 1. The van der Waals surface area contributed by atoms with Crippen molar-refractivity contribution in [2.45, 2.75) is 38.3 Å². The van der Waals surface area contributed by atoms with E-state index < -0.39 is 10.0 Å². The van der Waals surface area contributed by atoms with Crippen molar-refractivity contribution >= 4 is 10.0 Å². The minimum absolute atomic E-state index is 0.180. The summed E-state index contributed by atoms with van der Waals surface area (Å²) in [6, 6.07) is -0.189. The summed E-state index contributed by atoms with van der Waals surface area (Å²) in [7, 11) is -1.39. The maximum atomic E-state index is 11.9. The summed E-state index contributed by atoms with van der Waals surface area (Å²) in [6.07, 6.45) is 5.61. The van der Waals surface area contributed by atoms with Gasteiger partial charge in [0, 0.05) is 25.4 Å². The van der Waals surface area contributed by atoms with Crippen molar-refractivity contribution in [3.05, 3.63) is 18.0 Å². The molecule has 108 valence electrons. The van der Waals surface area contributed by atoms with Gasteiger partial charge in [-0.25, -0.2) is 13.1 Å². The zero-order chi connectivity index (χ0) is 13.9. The van der Waals surface area contributed by atoms with Crippen LogP contribution in [0, 0.1) is 0 Å². The molecule has 1 N–H and O–H groups in total. The van der Waals surface area contributed by atoms with Crippen LogP contribution in [0.2, 0.25) is 0 Å². The Kier molecular flexibility index (Phi) is 4.59. The molecule has 1 aromatic rings. The first-order valence-electron chi connectivity index (χ1n) is 6.62. The first-order valence-corrected chi connectivity index (χ1v) is 8.27. The van der Waals surface area contributed by atoms with E-state index in [1.807, 2.05) is 20.2 Å². The first kappa shape index (κ1) is 14.5. The highest BCUT2D eigenvalue weighted by molar-refractivity contribution is 7.89. The molecule has 0 aliphatic carbocycles. The standard InChI is InChI=1S/C12H21N3O3S/c1-3-4-7-19(16,17)14-11-5-6-18-12(11)10-8-13-15(2)9-10/h8-9,11-12,14H,3-7H2,1-2H3/t11-,12+/m0/s1. The summed E-state index contributed by atoms with van der Waals surface area (Å²) >= 11 is 0. The molecular weight excluding hydrogens is 266 g/mol. The Labute approximate surface area is 114 Å².